The fraction of sp³-hybridized carbons (Fsp3) is 1.00. The monoisotopic (exact) mass is 239 g/mol. The SMILES string of the molecule is CC1CCCC(CN)(OC2CCCCCC2)C1. The van der Waals surface area contributed by atoms with E-state index in [-0.39, 0.29) is 5.60 Å². The summed E-state index contributed by atoms with van der Waals surface area (Å²) in [5, 5.41) is 0. The molecule has 2 saturated carbocycles. The molecule has 0 aliphatic heterocycles. The Morgan fingerprint density at radius 1 is 1.06 bits per heavy atom. The van der Waals surface area contributed by atoms with Crippen molar-refractivity contribution in [2.75, 3.05) is 6.54 Å². The van der Waals surface area contributed by atoms with Gasteiger partial charge >= 0.3 is 0 Å². The Labute approximate surface area is 106 Å². The maximum Gasteiger partial charge on any atom is 0.0810 e. The molecule has 2 nitrogen and oxygen atoms in total. The van der Waals surface area contributed by atoms with Crippen molar-refractivity contribution in [1.29, 1.82) is 0 Å². The highest BCUT2D eigenvalue weighted by Crippen LogP contribution is 2.37. The lowest BCUT2D eigenvalue weighted by atomic mass is 9.78. The second-order valence-electron chi connectivity index (χ2n) is 6.32. The van der Waals surface area contributed by atoms with E-state index >= 15 is 0 Å². The lowest BCUT2D eigenvalue weighted by molar-refractivity contribution is -0.120. The molecular weight excluding hydrogens is 210 g/mol. The predicted molar refractivity (Wildman–Crippen MR) is 72.0 cm³/mol. The Kier molecular flexibility index (Phi) is 4.87. The molecule has 2 heteroatoms. The smallest absolute Gasteiger partial charge is 0.0810 e. The van der Waals surface area contributed by atoms with Gasteiger partial charge in [0.2, 0.25) is 0 Å². The first-order valence-electron chi connectivity index (χ1n) is 7.62. The zero-order chi connectivity index (χ0) is 12.1. The largest absolute Gasteiger partial charge is 0.370 e. The van der Waals surface area contributed by atoms with Crippen LogP contribution in [0.3, 0.4) is 0 Å². The summed E-state index contributed by atoms with van der Waals surface area (Å²) in [6, 6.07) is 0. The van der Waals surface area contributed by atoms with Crippen LogP contribution in [0.1, 0.15) is 71.1 Å². The van der Waals surface area contributed by atoms with E-state index in [2.05, 4.69) is 6.92 Å². The zero-order valence-electron chi connectivity index (χ0n) is 11.4. The lowest BCUT2D eigenvalue weighted by Crippen LogP contribution is -2.46. The molecule has 2 N–H and O–H groups in total. The van der Waals surface area contributed by atoms with Gasteiger partial charge in [0.05, 0.1) is 11.7 Å². The van der Waals surface area contributed by atoms with Crippen LogP contribution in [-0.4, -0.2) is 18.2 Å². The molecule has 0 spiro atoms. The van der Waals surface area contributed by atoms with Gasteiger partial charge in [0.1, 0.15) is 0 Å². The van der Waals surface area contributed by atoms with Crippen LogP contribution in [-0.2, 0) is 4.74 Å². The van der Waals surface area contributed by atoms with Crippen LogP contribution < -0.4 is 5.73 Å². The first-order chi connectivity index (χ1) is 8.24. The minimum absolute atomic E-state index is 0.0205. The van der Waals surface area contributed by atoms with E-state index < -0.39 is 0 Å². The third kappa shape index (κ3) is 3.69. The second kappa shape index (κ2) is 6.19. The van der Waals surface area contributed by atoms with Crippen LogP contribution in [0.2, 0.25) is 0 Å². The average Bonchev–Trinajstić information content (AvgIpc) is 2.57. The highest BCUT2D eigenvalue weighted by atomic mass is 16.5. The topological polar surface area (TPSA) is 35.2 Å². The Balaban J connectivity index is 1.92. The van der Waals surface area contributed by atoms with Crippen molar-refractivity contribution in [3.8, 4) is 0 Å². The minimum atomic E-state index is 0.0205. The second-order valence-corrected chi connectivity index (χ2v) is 6.32. The molecular formula is C15H29NO. The molecule has 2 aliphatic rings. The molecule has 2 fully saturated rings. The van der Waals surface area contributed by atoms with Gasteiger partial charge in [-0.15, -0.1) is 0 Å². The summed E-state index contributed by atoms with van der Waals surface area (Å²) in [4.78, 5) is 0. The van der Waals surface area contributed by atoms with E-state index in [4.69, 9.17) is 10.5 Å². The summed E-state index contributed by atoms with van der Waals surface area (Å²) in [6.45, 7) is 3.06. The Morgan fingerprint density at radius 3 is 2.35 bits per heavy atom. The summed E-state index contributed by atoms with van der Waals surface area (Å²) in [7, 11) is 0. The van der Waals surface area contributed by atoms with Crippen molar-refractivity contribution in [3.63, 3.8) is 0 Å². The van der Waals surface area contributed by atoms with Gasteiger partial charge in [-0.05, 0) is 31.6 Å². The standard InChI is InChI=1S/C15H29NO/c1-13-7-6-10-15(11-13,12-16)17-14-8-4-2-3-5-9-14/h13-14H,2-12,16H2,1H3. The molecule has 0 bridgehead atoms. The highest BCUT2D eigenvalue weighted by Gasteiger charge is 2.36. The minimum Gasteiger partial charge on any atom is -0.370 e. The van der Waals surface area contributed by atoms with E-state index in [0.29, 0.717) is 12.6 Å². The zero-order valence-corrected chi connectivity index (χ0v) is 11.4. The number of rotatable bonds is 3. The molecule has 17 heavy (non-hydrogen) atoms. The normalized spacial score (nSPS) is 36.7. The maximum absolute atomic E-state index is 6.49. The summed E-state index contributed by atoms with van der Waals surface area (Å²) in [6.07, 6.45) is 13.5. The van der Waals surface area contributed by atoms with Crippen LogP contribution in [0.5, 0.6) is 0 Å². The molecule has 2 rings (SSSR count). The highest BCUT2D eigenvalue weighted by molar-refractivity contribution is 4.89. The van der Waals surface area contributed by atoms with Crippen LogP contribution in [0.4, 0.5) is 0 Å². The number of nitrogens with two attached hydrogens (primary N) is 1. The van der Waals surface area contributed by atoms with E-state index in [0.717, 1.165) is 5.92 Å². The molecule has 0 aromatic heterocycles. The van der Waals surface area contributed by atoms with Gasteiger partial charge in [-0.3, -0.25) is 0 Å². The number of hydrogen-bond acceptors (Lipinski definition) is 2. The third-order valence-corrected chi connectivity index (χ3v) is 4.64. The van der Waals surface area contributed by atoms with Crippen molar-refractivity contribution in [3.05, 3.63) is 0 Å². The van der Waals surface area contributed by atoms with Crippen molar-refractivity contribution >= 4 is 0 Å². The van der Waals surface area contributed by atoms with E-state index in [9.17, 15) is 0 Å². The molecule has 0 aromatic carbocycles. The molecule has 2 unspecified atom stereocenters. The molecule has 0 aromatic rings. The number of ether oxygens (including phenoxy) is 1. The van der Waals surface area contributed by atoms with Gasteiger partial charge in [0.25, 0.3) is 0 Å². The molecule has 100 valence electrons. The Bertz CT molecular complexity index is 223. The van der Waals surface area contributed by atoms with Crippen LogP contribution in [0, 0.1) is 5.92 Å². The fourth-order valence-corrected chi connectivity index (χ4v) is 3.67. The predicted octanol–water partition coefficient (Wildman–Crippen LogP) is 3.63. The molecule has 0 amide bonds. The first kappa shape index (κ1) is 13.4. The van der Waals surface area contributed by atoms with Gasteiger partial charge in [-0.2, -0.15) is 0 Å². The Hall–Kier alpha value is -0.0800. The summed E-state index contributed by atoms with van der Waals surface area (Å²) < 4.78 is 6.49. The van der Waals surface area contributed by atoms with Crippen molar-refractivity contribution in [2.24, 2.45) is 11.7 Å². The van der Waals surface area contributed by atoms with Gasteiger partial charge in [-0.1, -0.05) is 45.4 Å². The third-order valence-electron chi connectivity index (χ3n) is 4.64. The van der Waals surface area contributed by atoms with Gasteiger partial charge in [-0.25, -0.2) is 0 Å². The van der Waals surface area contributed by atoms with Crippen LogP contribution in [0.15, 0.2) is 0 Å². The van der Waals surface area contributed by atoms with Crippen LogP contribution >= 0.6 is 0 Å². The van der Waals surface area contributed by atoms with E-state index in [1.807, 2.05) is 0 Å². The van der Waals surface area contributed by atoms with Crippen molar-refractivity contribution < 1.29 is 4.74 Å². The molecule has 0 radical (unpaired) electrons. The fourth-order valence-electron chi connectivity index (χ4n) is 3.67. The quantitative estimate of drug-likeness (QED) is 0.763. The van der Waals surface area contributed by atoms with Crippen molar-refractivity contribution in [1.82, 2.24) is 0 Å². The average molecular weight is 239 g/mol. The Morgan fingerprint density at radius 2 is 1.76 bits per heavy atom. The molecule has 0 heterocycles. The molecule has 2 aliphatic carbocycles. The van der Waals surface area contributed by atoms with Gasteiger partial charge in [0.15, 0.2) is 0 Å². The van der Waals surface area contributed by atoms with E-state index in [1.54, 1.807) is 0 Å². The summed E-state index contributed by atoms with van der Waals surface area (Å²) >= 11 is 0. The van der Waals surface area contributed by atoms with Gasteiger partial charge in [0, 0.05) is 6.54 Å². The first-order valence-corrected chi connectivity index (χ1v) is 7.62. The summed E-state index contributed by atoms with van der Waals surface area (Å²) in [5.74, 6) is 0.790. The van der Waals surface area contributed by atoms with Crippen molar-refractivity contribution in [2.45, 2.75) is 82.8 Å². The van der Waals surface area contributed by atoms with E-state index in [1.165, 1.54) is 64.2 Å². The maximum atomic E-state index is 6.49. The molecule has 0 saturated heterocycles. The van der Waals surface area contributed by atoms with Gasteiger partial charge < -0.3 is 10.5 Å². The lowest BCUT2D eigenvalue weighted by Gasteiger charge is -2.41. The number of hydrogen-bond donors (Lipinski definition) is 1. The molecule has 2 atom stereocenters. The van der Waals surface area contributed by atoms with Crippen LogP contribution in [0.25, 0.3) is 0 Å². The summed E-state index contributed by atoms with van der Waals surface area (Å²) in [5.41, 5.74) is 6.05.